The number of aliphatic hydroxyl groups excluding tert-OH is 2. The second-order valence-corrected chi connectivity index (χ2v) is 5.07. The number of aromatic nitrogens is 2. The molecule has 0 saturated carbocycles. The van der Waals surface area contributed by atoms with Crippen molar-refractivity contribution in [2.75, 3.05) is 13.2 Å². The molecule has 0 saturated heterocycles. The van der Waals surface area contributed by atoms with E-state index in [0.717, 1.165) is 0 Å². The molecule has 7 nitrogen and oxygen atoms in total. The zero-order chi connectivity index (χ0) is 14.6. The molecule has 19 heavy (non-hydrogen) atoms. The summed E-state index contributed by atoms with van der Waals surface area (Å²) in [7, 11) is 0. The Kier molecular flexibility index (Phi) is 5.04. The molecular weight excluding hydrogens is 252 g/mol. The number of aliphatic hydroxyl groups is 2. The van der Waals surface area contributed by atoms with Crippen molar-refractivity contribution < 1.29 is 14.9 Å². The van der Waals surface area contributed by atoms with Crippen molar-refractivity contribution in [1.29, 1.82) is 0 Å². The number of H-pyrrole nitrogens is 1. The van der Waals surface area contributed by atoms with Gasteiger partial charge >= 0.3 is 5.69 Å². The number of nitrogens with one attached hydrogen (secondary N) is 1. The van der Waals surface area contributed by atoms with E-state index >= 15 is 0 Å². The van der Waals surface area contributed by atoms with E-state index in [1.807, 2.05) is 0 Å². The van der Waals surface area contributed by atoms with Gasteiger partial charge in [-0.1, -0.05) is 13.8 Å². The quantitative estimate of drug-likeness (QED) is 0.644. The van der Waals surface area contributed by atoms with Crippen LogP contribution in [0.25, 0.3) is 0 Å². The maximum atomic E-state index is 11.6. The van der Waals surface area contributed by atoms with Gasteiger partial charge in [0.25, 0.3) is 5.56 Å². The molecule has 1 rings (SSSR count). The summed E-state index contributed by atoms with van der Waals surface area (Å²) in [4.78, 5) is 24.7. The van der Waals surface area contributed by atoms with Crippen molar-refractivity contribution in [1.82, 2.24) is 9.55 Å². The molecule has 1 heterocycles. The Morgan fingerprint density at radius 3 is 2.53 bits per heavy atom. The largest absolute Gasteiger partial charge is 0.396 e. The first-order chi connectivity index (χ1) is 8.81. The number of ether oxygens (including phenoxy) is 1. The molecule has 7 heteroatoms. The summed E-state index contributed by atoms with van der Waals surface area (Å²) in [5.74, 6) is 0. The van der Waals surface area contributed by atoms with E-state index in [1.54, 1.807) is 20.8 Å². The summed E-state index contributed by atoms with van der Waals surface area (Å²) in [5, 5.41) is 18.6. The van der Waals surface area contributed by atoms with Crippen molar-refractivity contribution in [3.05, 3.63) is 33.1 Å². The molecular formula is C12H20N2O5. The van der Waals surface area contributed by atoms with Crippen molar-refractivity contribution in [2.45, 2.75) is 33.1 Å². The Bertz CT molecular complexity index is 519. The molecule has 0 aliphatic carbocycles. The third kappa shape index (κ3) is 3.76. The Hall–Kier alpha value is -1.44. The minimum Gasteiger partial charge on any atom is -0.396 e. The van der Waals surface area contributed by atoms with Gasteiger partial charge in [0.05, 0.1) is 19.3 Å². The van der Waals surface area contributed by atoms with E-state index in [-0.39, 0.29) is 13.2 Å². The normalized spacial score (nSPS) is 15.2. The highest BCUT2D eigenvalue weighted by Crippen LogP contribution is 2.25. The fraction of sp³-hybridized carbons (Fsp3) is 0.667. The van der Waals surface area contributed by atoms with Gasteiger partial charge in [-0.25, -0.2) is 4.79 Å². The fourth-order valence-corrected chi connectivity index (χ4v) is 1.59. The number of rotatable bonds is 6. The van der Waals surface area contributed by atoms with Gasteiger partial charge in [-0.05, 0) is 6.92 Å². The van der Waals surface area contributed by atoms with Crippen LogP contribution in [-0.4, -0.2) is 39.1 Å². The van der Waals surface area contributed by atoms with Crippen LogP contribution >= 0.6 is 0 Å². The summed E-state index contributed by atoms with van der Waals surface area (Å²) in [5.41, 5.74) is -1.71. The predicted octanol–water partition coefficient (Wildman–Crippen LogP) is -0.549. The molecule has 0 amide bonds. The maximum Gasteiger partial charge on any atom is 0.330 e. The first-order valence-electron chi connectivity index (χ1n) is 6.00. The van der Waals surface area contributed by atoms with Gasteiger partial charge in [0.2, 0.25) is 0 Å². The molecule has 0 bridgehead atoms. The standard InChI is InChI=1S/C12H20N2O5/c1-8(14-5-4-10(17)13-11(14)18)19-9(6-15)12(2,3)7-16/h4-5,8-9,15-16H,6-7H2,1-3H3,(H,13,17,18)/t8?,9-/m1/s1. The zero-order valence-corrected chi connectivity index (χ0v) is 11.3. The molecule has 2 atom stereocenters. The van der Waals surface area contributed by atoms with Crippen LogP contribution < -0.4 is 11.2 Å². The Morgan fingerprint density at radius 1 is 1.42 bits per heavy atom. The highest BCUT2D eigenvalue weighted by molar-refractivity contribution is 4.84. The van der Waals surface area contributed by atoms with Crippen molar-refractivity contribution in [2.24, 2.45) is 5.41 Å². The topological polar surface area (TPSA) is 105 Å². The minimum absolute atomic E-state index is 0.161. The Morgan fingerprint density at radius 2 is 2.05 bits per heavy atom. The first-order valence-corrected chi connectivity index (χ1v) is 6.00. The van der Waals surface area contributed by atoms with Crippen LogP contribution in [0.15, 0.2) is 21.9 Å². The van der Waals surface area contributed by atoms with Gasteiger partial charge in [0.1, 0.15) is 6.23 Å². The predicted molar refractivity (Wildman–Crippen MR) is 68.9 cm³/mol. The first kappa shape index (κ1) is 15.6. The molecule has 0 spiro atoms. The SMILES string of the molecule is CC(O[C@H](CO)C(C)(C)CO)n1ccc(=O)[nH]c1=O. The Labute approximate surface area is 110 Å². The smallest absolute Gasteiger partial charge is 0.330 e. The molecule has 0 aliphatic rings. The van der Waals surface area contributed by atoms with Crippen molar-refractivity contribution in [3.63, 3.8) is 0 Å². The average molecular weight is 272 g/mol. The van der Waals surface area contributed by atoms with Gasteiger partial charge < -0.3 is 14.9 Å². The zero-order valence-electron chi connectivity index (χ0n) is 11.3. The van der Waals surface area contributed by atoms with Gasteiger partial charge in [-0.15, -0.1) is 0 Å². The molecule has 1 unspecified atom stereocenters. The van der Waals surface area contributed by atoms with Crippen LogP contribution in [0.2, 0.25) is 0 Å². The van der Waals surface area contributed by atoms with Crippen LogP contribution in [0.5, 0.6) is 0 Å². The molecule has 0 radical (unpaired) electrons. The van der Waals surface area contributed by atoms with E-state index in [0.29, 0.717) is 0 Å². The number of nitrogens with zero attached hydrogens (tertiary/aromatic N) is 1. The fourth-order valence-electron chi connectivity index (χ4n) is 1.59. The summed E-state index contributed by atoms with van der Waals surface area (Å²) < 4.78 is 6.80. The highest BCUT2D eigenvalue weighted by atomic mass is 16.5. The summed E-state index contributed by atoms with van der Waals surface area (Å²) in [6.45, 7) is 4.67. The van der Waals surface area contributed by atoms with Gasteiger partial charge in [-0.3, -0.25) is 14.3 Å². The van der Waals surface area contributed by atoms with Crippen LogP contribution in [0.4, 0.5) is 0 Å². The van der Waals surface area contributed by atoms with Gasteiger partial charge in [0.15, 0.2) is 0 Å². The second kappa shape index (κ2) is 6.14. The molecule has 0 aromatic carbocycles. The molecule has 0 fully saturated rings. The molecule has 3 N–H and O–H groups in total. The summed E-state index contributed by atoms with van der Waals surface area (Å²) >= 11 is 0. The lowest BCUT2D eigenvalue weighted by atomic mass is 9.88. The average Bonchev–Trinajstić information content (AvgIpc) is 2.35. The lowest BCUT2D eigenvalue weighted by Crippen LogP contribution is -2.41. The molecule has 1 aromatic rings. The lowest BCUT2D eigenvalue weighted by molar-refractivity contribution is -0.128. The van der Waals surface area contributed by atoms with Crippen molar-refractivity contribution >= 4 is 0 Å². The van der Waals surface area contributed by atoms with Crippen LogP contribution in [0.1, 0.15) is 27.0 Å². The highest BCUT2D eigenvalue weighted by Gasteiger charge is 2.31. The van der Waals surface area contributed by atoms with E-state index in [9.17, 15) is 19.8 Å². The third-order valence-electron chi connectivity index (χ3n) is 3.05. The molecule has 1 aromatic heterocycles. The van der Waals surface area contributed by atoms with Gasteiger partial charge in [-0.2, -0.15) is 0 Å². The summed E-state index contributed by atoms with van der Waals surface area (Å²) in [6, 6.07) is 1.21. The van der Waals surface area contributed by atoms with E-state index < -0.39 is 29.0 Å². The Balaban J connectivity index is 2.92. The third-order valence-corrected chi connectivity index (χ3v) is 3.05. The number of hydrogen-bond acceptors (Lipinski definition) is 5. The molecule has 0 aliphatic heterocycles. The van der Waals surface area contributed by atoms with E-state index in [4.69, 9.17) is 4.74 Å². The van der Waals surface area contributed by atoms with E-state index in [1.165, 1.54) is 16.8 Å². The van der Waals surface area contributed by atoms with E-state index in [2.05, 4.69) is 4.98 Å². The van der Waals surface area contributed by atoms with Crippen LogP contribution in [0, 0.1) is 5.41 Å². The van der Waals surface area contributed by atoms with Gasteiger partial charge in [0, 0.05) is 17.7 Å². The monoisotopic (exact) mass is 272 g/mol. The molecule has 108 valence electrons. The number of aromatic amines is 1. The second-order valence-electron chi connectivity index (χ2n) is 5.07. The summed E-state index contributed by atoms with van der Waals surface area (Å²) in [6.07, 6.45) is 0.0188. The lowest BCUT2D eigenvalue weighted by Gasteiger charge is -2.33. The van der Waals surface area contributed by atoms with Crippen LogP contribution in [-0.2, 0) is 4.74 Å². The minimum atomic E-state index is -0.674. The maximum absolute atomic E-state index is 11.6. The number of hydrogen-bond donors (Lipinski definition) is 3. The van der Waals surface area contributed by atoms with Crippen molar-refractivity contribution in [3.8, 4) is 0 Å². The van der Waals surface area contributed by atoms with Crippen LogP contribution in [0.3, 0.4) is 0 Å².